The molecule has 3 fully saturated rings. The summed E-state index contributed by atoms with van der Waals surface area (Å²) in [6.45, 7) is -0.533. The molecule has 5 rings (SSSR count). The number of aromatic nitrogens is 4. The van der Waals surface area contributed by atoms with E-state index in [2.05, 4.69) is 25.6 Å². The molecule has 2 amide bonds. The molecule has 0 aromatic carbocycles. The standard InChI is InChI=1S/C20H28N7O8PS/c21-17-14-18(23-8-22-17)27(9-24-14)19-16(29)15(28)11(35-19)6-34-36(31,32)33-5-3-1-2-4-12-13-10(7-37-12)25-20(30)26-13/h1,3,8-13,15-16,19,28-29,31-32H,2,4-7H2,(H3-,21,22,23,25,26,30)/p+1/t10-,11+,12-,13-,15+,16+,19+/m0/s1. The molecule has 0 spiro atoms. The third kappa shape index (κ3) is 5.67. The zero-order valence-corrected chi connectivity index (χ0v) is 21.2. The van der Waals surface area contributed by atoms with Gasteiger partial charge in [0, 0.05) is 11.0 Å². The quantitative estimate of drug-likeness (QED) is 0.108. The van der Waals surface area contributed by atoms with E-state index in [4.69, 9.17) is 19.5 Å². The number of hydrogen-bond acceptors (Lipinski definition) is 13. The second-order valence-electron chi connectivity index (χ2n) is 8.88. The first-order valence-corrected chi connectivity index (χ1v) is 14.2. The Balaban J connectivity index is 1.06. The summed E-state index contributed by atoms with van der Waals surface area (Å²) in [6.07, 6.45) is 2.86. The fourth-order valence-corrected chi connectivity index (χ4v) is 6.80. The number of carbonyl (C=O) groups excluding carboxylic acids is 1. The monoisotopic (exact) mass is 558 g/mol. The second-order valence-corrected chi connectivity index (χ2v) is 11.7. The molecule has 3 aliphatic rings. The number of carbonyl (C=O) groups is 1. The van der Waals surface area contributed by atoms with Gasteiger partial charge in [0.05, 0.1) is 18.4 Å². The van der Waals surface area contributed by atoms with Crippen LogP contribution in [0.25, 0.3) is 11.2 Å². The summed E-state index contributed by atoms with van der Waals surface area (Å²) in [6, 6.07) is 0.187. The highest BCUT2D eigenvalue weighted by Crippen LogP contribution is 2.52. The fourth-order valence-electron chi connectivity index (χ4n) is 4.59. The lowest BCUT2D eigenvalue weighted by atomic mass is 10.0. The van der Waals surface area contributed by atoms with Gasteiger partial charge in [0.15, 0.2) is 17.7 Å². The van der Waals surface area contributed by atoms with Crippen molar-refractivity contribution < 1.29 is 38.6 Å². The van der Waals surface area contributed by atoms with Gasteiger partial charge in [0.25, 0.3) is 0 Å². The summed E-state index contributed by atoms with van der Waals surface area (Å²) >= 11 is 1.82. The molecule has 17 heteroatoms. The van der Waals surface area contributed by atoms with Crippen molar-refractivity contribution in [2.75, 3.05) is 24.7 Å². The summed E-state index contributed by atoms with van der Waals surface area (Å²) in [5.41, 5.74) is 6.41. The van der Waals surface area contributed by atoms with E-state index in [0.29, 0.717) is 16.4 Å². The number of nitrogens with zero attached hydrogens (tertiary/aromatic N) is 4. The molecule has 2 aromatic heterocycles. The number of aliphatic hydroxyl groups is 2. The molecule has 3 aliphatic heterocycles. The molecule has 0 aliphatic carbocycles. The van der Waals surface area contributed by atoms with Crippen LogP contribution in [0.2, 0.25) is 0 Å². The molecule has 2 aromatic rings. The molecular weight excluding hydrogens is 529 g/mol. The zero-order valence-electron chi connectivity index (χ0n) is 19.5. The van der Waals surface area contributed by atoms with Gasteiger partial charge in [-0.2, -0.15) is 26.1 Å². The highest BCUT2D eigenvalue weighted by Gasteiger charge is 2.48. The largest absolute Gasteiger partial charge is 0.570 e. The number of imidazole rings is 1. The predicted octanol–water partition coefficient (Wildman–Crippen LogP) is -0.775. The molecule has 0 radical (unpaired) electrons. The minimum atomic E-state index is -4.20. The van der Waals surface area contributed by atoms with E-state index in [9.17, 15) is 24.8 Å². The van der Waals surface area contributed by atoms with Gasteiger partial charge >= 0.3 is 14.2 Å². The number of amides is 2. The topological polar surface area (TPSA) is 219 Å². The maximum absolute atomic E-state index is 11.4. The number of allylic oxidation sites excluding steroid dienone is 1. The van der Waals surface area contributed by atoms with Crippen molar-refractivity contribution >= 4 is 42.9 Å². The molecule has 7 atom stereocenters. The lowest BCUT2D eigenvalue weighted by Crippen LogP contribution is -2.36. The molecule has 0 unspecified atom stereocenters. The van der Waals surface area contributed by atoms with Crippen LogP contribution in [0.15, 0.2) is 24.8 Å². The Bertz CT molecular complexity index is 1160. The van der Waals surface area contributed by atoms with Crippen molar-refractivity contribution in [1.29, 1.82) is 0 Å². The molecule has 37 heavy (non-hydrogen) atoms. The summed E-state index contributed by atoms with van der Waals surface area (Å²) in [5, 5.41) is 27.1. The van der Waals surface area contributed by atoms with Crippen LogP contribution in [0.1, 0.15) is 19.1 Å². The van der Waals surface area contributed by atoms with Crippen LogP contribution >= 0.6 is 19.9 Å². The Labute approximate surface area is 216 Å². The summed E-state index contributed by atoms with van der Waals surface area (Å²) in [5.74, 6) is 1.04. The van der Waals surface area contributed by atoms with Gasteiger partial charge < -0.3 is 31.3 Å². The minimum Gasteiger partial charge on any atom is -0.387 e. The number of anilines is 1. The average molecular weight is 559 g/mol. The third-order valence-electron chi connectivity index (χ3n) is 6.47. The molecule has 0 saturated carbocycles. The normalized spacial score (nSPS) is 31.8. The van der Waals surface area contributed by atoms with Gasteiger partial charge in [-0.3, -0.25) is 4.57 Å². The Morgan fingerprint density at radius 1 is 1.22 bits per heavy atom. The van der Waals surface area contributed by atoms with Gasteiger partial charge in [0.2, 0.25) is 0 Å². The van der Waals surface area contributed by atoms with E-state index in [1.165, 1.54) is 17.2 Å². The van der Waals surface area contributed by atoms with Crippen LogP contribution in [0, 0.1) is 0 Å². The van der Waals surface area contributed by atoms with Crippen LogP contribution in [0.3, 0.4) is 0 Å². The van der Waals surface area contributed by atoms with Gasteiger partial charge in [-0.15, -0.1) is 4.52 Å². The SMILES string of the molecule is Nc1ncnc2c1ncn2[C@@H]1O[C@H](CO[P+](O)(O)OCC=CCC[C@@H]2SC[C@@H]3NC(=O)N[C@@H]32)[C@@H](O)[C@H]1O. The van der Waals surface area contributed by atoms with Crippen molar-refractivity contribution in [2.24, 2.45) is 0 Å². The lowest BCUT2D eigenvalue weighted by Gasteiger charge is -2.16. The number of hydrogen-bond donors (Lipinski definition) is 7. The summed E-state index contributed by atoms with van der Waals surface area (Å²) < 4.78 is 17.3. The molecule has 15 nitrogen and oxygen atoms in total. The number of rotatable bonds is 10. The minimum absolute atomic E-state index is 0.0928. The lowest BCUT2D eigenvalue weighted by molar-refractivity contribution is -0.0534. The molecule has 3 saturated heterocycles. The van der Waals surface area contributed by atoms with Crippen LogP contribution < -0.4 is 16.4 Å². The van der Waals surface area contributed by atoms with E-state index in [0.717, 1.165) is 18.6 Å². The van der Waals surface area contributed by atoms with Crippen LogP contribution in [-0.4, -0.2) is 100 Å². The first-order valence-electron chi connectivity index (χ1n) is 11.7. The van der Waals surface area contributed by atoms with E-state index >= 15 is 0 Å². The second kappa shape index (κ2) is 10.9. The van der Waals surface area contributed by atoms with Gasteiger partial charge in [-0.25, -0.2) is 19.7 Å². The highest BCUT2D eigenvalue weighted by atomic mass is 32.2. The maximum Gasteiger partial charge on any atom is 0.570 e. The molecule has 8 N–H and O–H groups in total. The van der Waals surface area contributed by atoms with Crippen LogP contribution in [0.4, 0.5) is 10.6 Å². The average Bonchev–Trinajstić information content (AvgIpc) is 3.60. The number of nitrogen functional groups attached to an aromatic ring is 1. The smallest absolute Gasteiger partial charge is 0.387 e. The van der Waals surface area contributed by atoms with Crippen molar-refractivity contribution in [1.82, 2.24) is 30.2 Å². The Kier molecular flexibility index (Phi) is 7.81. The van der Waals surface area contributed by atoms with Crippen molar-refractivity contribution in [3.8, 4) is 0 Å². The van der Waals surface area contributed by atoms with Crippen molar-refractivity contribution in [2.45, 2.75) is 54.7 Å². The third-order valence-corrected chi connectivity index (χ3v) is 8.95. The Hall–Kier alpha value is -2.14. The molecule has 0 bridgehead atoms. The first-order chi connectivity index (χ1) is 17.7. The number of ether oxygens (including phenoxy) is 1. The number of nitrogens with two attached hydrogens (primary N) is 1. The van der Waals surface area contributed by atoms with Crippen molar-refractivity contribution in [3.63, 3.8) is 0 Å². The number of thioether (sulfide) groups is 1. The highest BCUT2D eigenvalue weighted by molar-refractivity contribution is 8.00. The van der Waals surface area contributed by atoms with E-state index in [1.54, 1.807) is 6.08 Å². The van der Waals surface area contributed by atoms with Crippen molar-refractivity contribution in [3.05, 3.63) is 24.8 Å². The van der Waals surface area contributed by atoms with Gasteiger partial charge in [0.1, 0.15) is 43.4 Å². The number of urea groups is 1. The number of nitrogens with one attached hydrogen (secondary N) is 2. The van der Waals surface area contributed by atoms with Crippen LogP contribution in [0.5, 0.6) is 0 Å². The maximum atomic E-state index is 11.4. The molecule has 5 heterocycles. The summed E-state index contributed by atoms with van der Waals surface area (Å²) in [4.78, 5) is 43.7. The van der Waals surface area contributed by atoms with E-state index < -0.39 is 39.3 Å². The fraction of sp³-hybridized carbons (Fsp3) is 0.600. The number of aliphatic hydroxyl groups excluding tert-OH is 2. The summed E-state index contributed by atoms with van der Waals surface area (Å²) in [7, 11) is -4.20. The van der Waals surface area contributed by atoms with Gasteiger partial charge in [-0.05, 0) is 12.8 Å². The van der Waals surface area contributed by atoms with Gasteiger partial charge in [-0.1, -0.05) is 12.2 Å². The zero-order chi connectivity index (χ0) is 26.2. The molecular formula is C20H29N7O8PS+. The van der Waals surface area contributed by atoms with E-state index in [1.807, 2.05) is 17.8 Å². The Morgan fingerprint density at radius 2 is 2.05 bits per heavy atom. The van der Waals surface area contributed by atoms with E-state index in [-0.39, 0.29) is 30.5 Å². The number of fused-ring (bicyclic) bond motifs is 2. The van der Waals surface area contributed by atoms with Crippen LogP contribution in [-0.2, 0) is 13.8 Å². The Morgan fingerprint density at radius 3 is 2.89 bits per heavy atom. The first kappa shape index (κ1) is 26.5. The predicted molar refractivity (Wildman–Crippen MR) is 133 cm³/mol. The molecule has 202 valence electrons.